The predicted molar refractivity (Wildman–Crippen MR) is 56.2 cm³/mol. The quantitative estimate of drug-likeness (QED) is 0.816. The molecule has 3 atom stereocenters. The number of hydrogen-bond acceptors (Lipinski definition) is 3. The van der Waals surface area contributed by atoms with Crippen LogP contribution in [0, 0.1) is 11.8 Å². The first-order valence-electron chi connectivity index (χ1n) is 6.00. The summed E-state index contributed by atoms with van der Waals surface area (Å²) in [7, 11) is 0. The van der Waals surface area contributed by atoms with Crippen LogP contribution in [0.25, 0.3) is 0 Å². The molecule has 2 saturated heterocycles. The molecule has 19 heavy (non-hydrogen) atoms. The molecule has 8 heteroatoms. The Bertz CT molecular complexity index is 379. The Morgan fingerprint density at radius 2 is 1.95 bits per heavy atom. The highest BCUT2D eigenvalue weighted by molar-refractivity contribution is 5.83. The van der Waals surface area contributed by atoms with Crippen molar-refractivity contribution < 1.29 is 32.6 Å². The lowest BCUT2D eigenvalue weighted by atomic mass is 9.96. The summed E-state index contributed by atoms with van der Waals surface area (Å²) in [5.41, 5.74) is 0. The minimum atomic E-state index is -4.62. The molecule has 0 bridgehead atoms. The van der Waals surface area contributed by atoms with Gasteiger partial charge in [0.25, 0.3) is 5.91 Å². The first kappa shape index (κ1) is 14.1. The van der Waals surface area contributed by atoms with Crippen LogP contribution in [-0.2, 0) is 14.3 Å². The SMILES string of the molecule is O=C(O)[C@@H]1CN(C(=O)[C@@H]2CCCO2)C[C@H]1C(F)(F)F. The first-order valence-corrected chi connectivity index (χ1v) is 6.00. The van der Waals surface area contributed by atoms with Crippen molar-refractivity contribution in [3.05, 3.63) is 0 Å². The van der Waals surface area contributed by atoms with Gasteiger partial charge in [0.2, 0.25) is 0 Å². The van der Waals surface area contributed by atoms with E-state index in [1.165, 1.54) is 0 Å². The van der Waals surface area contributed by atoms with Crippen LogP contribution < -0.4 is 0 Å². The smallest absolute Gasteiger partial charge is 0.394 e. The van der Waals surface area contributed by atoms with Gasteiger partial charge in [-0.25, -0.2) is 0 Å². The van der Waals surface area contributed by atoms with Crippen molar-refractivity contribution in [3.8, 4) is 0 Å². The topological polar surface area (TPSA) is 66.8 Å². The third-order valence-corrected chi connectivity index (χ3v) is 3.57. The molecular formula is C11H14F3NO4. The van der Waals surface area contributed by atoms with Gasteiger partial charge in [0.15, 0.2) is 0 Å². The summed E-state index contributed by atoms with van der Waals surface area (Å²) in [6, 6.07) is 0. The normalized spacial score (nSPS) is 31.7. The highest BCUT2D eigenvalue weighted by Gasteiger charge is 2.54. The molecule has 5 nitrogen and oxygen atoms in total. The van der Waals surface area contributed by atoms with E-state index in [0.717, 1.165) is 4.90 Å². The van der Waals surface area contributed by atoms with Gasteiger partial charge in [-0.15, -0.1) is 0 Å². The Morgan fingerprint density at radius 3 is 2.37 bits per heavy atom. The standard InChI is InChI=1S/C11H14F3NO4/c12-11(13,14)7-5-15(4-6(7)10(17)18)9(16)8-2-1-3-19-8/h6-8H,1-5H2,(H,17,18)/t6-,7-,8+/m1/s1. The van der Waals surface area contributed by atoms with E-state index in [4.69, 9.17) is 9.84 Å². The van der Waals surface area contributed by atoms with E-state index in [-0.39, 0.29) is 0 Å². The highest BCUT2D eigenvalue weighted by atomic mass is 19.4. The number of carboxylic acids is 1. The lowest BCUT2D eigenvalue weighted by molar-refractivity contribution is -0.188. The van der Waals surface area contributed by atoms with Crippen molar-refractivity contribution in [2.45, 2.75) is 25.1 Å². The maximum absolute atomic E-state index is 12.8. The summed E-state index contributed by atoms with van der Waals surface area (Å²) >= 11 is 0. The molecule has 2 heterocycles. The average molecular weight is 281 g/mol. The molecule has 2 aliphatic rings. The van der Waals surface area contributed by atoms with E-state index in [1.807, 2.05) is 0 Å². The van der Waals surface area contributed by atoms with Crippen LogP contribution >= 0.6 is 0 Å². The number of carboxylic acid groups (broad SMARTS) is 1. The van der Waals surface area contributed by atoms with Gasteiger partial charge in [0.05, 0.1) is 11.8 Å². The Labute approximate surface area is 107 Å². The molecule has 0 aromatic rings. The number of rotatable bonds is 2. The highest BCUT2D eigenvalue weighted by Crippen LogP contribution is 2.38. The second-order valence-electron chi connectivity index (χ2n) is 4.84. The van der Waals surface area contributed by atoms with Gasteiger partial charge in [-0.05, 0) is 12.8 Å². The minimum Gasteiger partial charge on any atom is -0.481 e. The summed E-state index contributed by atoms with van der Waals surface area (Å²) in [5.74, 6) is -5.65. The van der Waals surface area contributed by atoms with Gasteiger partial charge >= 0.3 is 12.1 Å². The summed E-state index contributed by atoms with van der Waals surface area (Å²) in [4.78, 5) is 23.8. The molecule has 108 valence electrons. The fourth-order valence-corrected chi connectivity index (χ4v) is 2.54. The average Bonchev–Trinajstić information content (AvgIpc) is 2.96. The number of aliphatic carboxylic acids is 1. The molecule has 1 amide bonds. The number of carbonyl (C=O) groups is 2. The van der Waals surface area contributed by atoms with Crippen molar-refractivity contribution in [3.63, 3.8) is 0 Å². The second-order valence-corrected chi connectivity index (χ2v) is 4.84. The number of halogens is 3. The predicted octanol–water partition coefficient (Wildman–Crippen LogP) is 0.887. The van der Waals surface area contributed by atoms with Gasteiger partial charge in [0.1, 0.15) is 6.10 Å². The molecule has 2 rings (SSSR count). The van der Waals surface area contributed by atoms with E-state index in [1.54, 1.807) is 0 Å². The van der Waals surface area contributed by atoms with E-state index in [0.29, 0.717) is 19.4 Å². The van der Waals surface area contributed by atoms with Gasteiger partial charge < -0.3 is 14.7 Å². The number of alkyl halides is 3. The summed E-state index contributed by atoms with van der Waals surface area (Å²) in [5, 5.41) is 8.84. The third-order valence-electron chi connectivity index (χ3n) is 3.57. The molecule has 0 aliphatic carbocycles. The van der Waals surface area contributed by atoms with Crippen molar-refractivity contribution in [2.75, 3.05) is 19.7 Å². The molecule has 0 radical (unpaired) electrons. The minimum absolute atomic E-state index is 0.405. The molecular weight excluding hydrogens is 267 g/mol. The summed E-state index contributed by atoms with van der Waals surface area (Å²) < 4.78 is 43.4. The van der Waals surface area contributed by atoms with Crippen LogP contribution in [-0.4, -0.2) is 53.9 Å². The molecule has 2 aliphatic heterocycles. The van der Waals surface area contributed by atoms with Gasteiger partial charge in [0, 0.05) is 19.7 Å². The lowest BCUT2D eigenvalue weighted by Gasteiger charge is -2.20. The zero-order valence-corrected chi connectivity index (χ0v) is 10.0. The lowest BCUT2D eigenvalue weighted by Crippen LogP contribution is -2.38. The van der Waals surface area contributed by atoms with Crippen LogP contribution in [0.2, 0.25) is 0 Å². The fourth-order valence-electron chi connectivity index (χ4n) is 2.54. The van der Waals surface area contributed by atoms with Gasteiger partial charge in [-0.1, -0.05) is 0 Å². The van der Waals surface area contributed by atoms with Crippen molar-refractivity contribution in [2.24, 2.45) is 11.8 Å². The van der Waals surface area contributed by atoms with E-state index in [2.05, 4.69) is 0 Å². The fraction of sp³-hybridized carbons (Fsp3) is 0.818. The Hall–Kier alpha value is -1.31. The van der Waals surface area contributed by atoms with Crippen LogP contribution in [0.1, 0.15) is 12.8 Å². The molecule has 0 unspecified atom stereocenters. The number of likely N-dealkylation sites (tertiary alicyclic amines) is 1. The summed E-state index contributed by atoms with van der Waals surface area (Å²) in [6.45, 7) is -0.591. The van der Waals surface area contributed by atoms with Crippen LogP contribution in [0.15, 0.2) is 0 Å². The van der Waals surface area contributed by atoms with Gasteiger partial charge in [-0.2, -0.15) is 13.2 Å². The number of ether oxygens (including phenoxy) is 1. The molecule has 0 saturated carbocycles. The van der Waals surface area contributed by atoms with Crippen LogP contribution in [0.3, 0.4) is 0 Å². The number of carbonyl (C=O) groups excluding carboxylic acids is 1. The third kappa shape index (κ3) is 2.83. The number of amides is 1. The molecule has 0 spiro atoms. The maximum Gasteiger partial charge on any atom is 0.394 e. The first-order chi connectivity index (χ1) is 8.80. The van der Waals surface area contributed by atoms with Crippen LogP contribution in [0.5, 0.6) is 0 Å². The zero-order chi connectivity index (χ0) is 14.2. The van der Waals surface area contributed by atoms with E-state index in [9.17, 15) is 22.8 Å². The van der Waals surface area contributed by atoms with E-state index >= 15 is 0 Å². The Kier molecular flexibility index (Phi) is 3.71. The van der Waals surface area contributed by atoms with Gasteiger partial charge in [-0.3, -0.25) is 9.59 Å². The largest absolute Gasteiger partial charge is 0.481 e. The van der Waals surface area contributed by atoms with E-state index < -0.39 is 49.1 Å². The van der Waals surface area contributed by atoms with Crippen LogP contribution in [0.4, 0.5) is 13.2 Å². The molecule has 1 N–H and O–H groups in total. The maximum atomic E-state index is 12.8. The Morgan fingerprint density at radius 1 is 1.26 bits per heavy atom. The number of nitrogens with zero attached hydrogens (tertiary/aromatic N) is 1. The second kappa shape index (κ2) is 4.99. The number of hydrogen-bond donors (Lipinski definition) is 1. The Balaban J connectivity index is 2.09. The van der Waals surface area contributed by atoms with Crippen molar-refractivity contribution >= 4 is 11.9 Å². The monoisotopic (exact) mass is 281 g/mol. The van der Waals surface area contributed by atoms with Crippen molar-refractivity contribution in [1.29, 1.82) is 0 Å². The zero-order valence-electron chi connectivity index (χ0n) is 10.0. The molecule has 2 fully saturated rings. The molecule has 0 aromatic carbocycles. The van der Waals surface area contributed by atoms with Crippen molar-refractivity contribution in [1.82, 2.24) is 4.90 Å². The summed E-state index contributed by atoms with van der Waals surface area (Å²) in [6.07, 6.45) is -4.17. The molecule has 0 aromatic heterocycles.